The molecule has 1 aromatic rings. The van der Waals surface area contributed by atoms with Crippen molar-refractivity contribution in [3.8, 4) is 0 Å². The van der Waals surface area contributed by atoms with Gasteiger partial charge in [0.25, 0.3) is 0 Å². The first kappa shape index (κ1) is 14.8. The fourth-order valence-electron chi connectivity index (χ4n) is 1.94. The van der Waals surface area contributed by atoms with Gasteiger partial charge in [0.1, 0.15) is 13.1 Å². The van der Waals surface area contributed by atoms with Gasteiger partial charge in [-0.1, -0.05) is 29.3 Å². The van der Waals surface area contributed by atoms with Crippen molar-refractivity contribution in [1.82, 2.24) is 10.2 Å². The van der Waals surface area contributed by atoms with Gasteiger partial charge in [-0.05, 0) is 24.1 Å². The van der Waals surface area contributed by atoms with Crippen LogP contribution in [-0.4, -0.2) is 35.7 Å². The summed E-state index contributed by atoms with van der Waals surface area (Å²) < 4.78 is 0. The van der Waals surface area contributed by atoms with Gasteiger partial charge in [0, 0.05) is 16.5 Å². The standard InChI is InChI=1S/C13H12Cl2N2O3/c14-9-3-1-8(10(15)5-9)2-4-13(20)17-6-11(18)16-12(19)7-17/h1,3,5H,2,4,6-7H2,(H,16,18,19). The average molecular weight is 315 g/mol. The number of piperazine rings is 1. The summed E-state index contributed by atoms with van der Waals surface area (Å²) >= 11 is 11.8. The number of hydrogen-bond donors (Lipinski definition) is 1. The van der Waals surface area contributed by atoms with E-state index in [1.807, 2.05) is 0 Å². The molecule has 0 aliphatic carbocycles. The number of aryl methyl sites for hydroxylation is 1. The van der Waals surface area contributed by atoms with Crippen molar-refractivity contribution in [1.29, 1.82) is 0 Å². The van der Waals surface area contributed by atoms with E-state index < -0.39 is 11.8 Å². The summed E-state index contributed by atoms with van der Waals surface area (Å²) in [5.74, 6) is -1.17. The molecule has 0 bridgehead atoms. The maximum atomic E-state index is 12.0. The molecule has 0 radical (unpaired) electrons. The van der Waals surface area contributed by atoms with E-state index in [9.17, 15) is 14.4 Å². The number of benzene rings is 1. The van der Waals surface area contributed by atoms with Crippen LogP contribution in [0.25, 0.3) is 0 Å². The monoisotopic (exact) mass is 314 g/mol. The molecule has 0 spiro atoms. The molecule has 0 atom stereocenters. The van der Waals surface area contributed by atoms with Crippen LogP contribution >= 0.6 is 23.2 Å². The Hall–Kier alpha value is -1.59. The van der Waals surface area contributed by atoms with Gasteiger partial charge >= 0.3 is 0 Å². The second-order valence-electron chi connectivity index (χ2n) is 4.46. The average Bonchev–Trinajstić information content (AvgIpc) is 2.36. The minimum Gasteiger partial charge on any atom is -0.324 e. The van der Waals surface area contributed by atoms with Gasteiger partial charge in [-0.2, -0.15) is 0 Å². The molecule has 3 amide bonds. The van der Waals surface area contributed by atoms with Crippen molar-refractivity contribution in [2.45, 2.75) is 12.8 Å². The predicted molar refractivity (Wildman–Crippen MR) is 74.5 cm³/mol. The number of hydrogen-bond acceptors (Lipinski definition) is 3. The number of nitrogens with one attached hydrogen (secondary N) is 1. The number of imide groups is 1. The molecule has 1 fully saturated rings. The number of carbonyl (C=O) groups excluding carboxylic acids is 3. The van der Waals surface area contributed by atoms with Crippen LogP contribution in [0.2, 0.25) is 10.0 Å². The van der Waals surface area contributed by atoms with E-state index in [-0.39, 0.29) is 25.4 Å². The van der Waals surface area contributed by atoms with Crippen LogP contribution in [0.5, 0.6) is 0 Å². The Kier molecular flexibility index (Phi) is 4.62. The first-order valence-electron chi connectivity index (χ1n) is 6.00. The van der Waals surface area contributed by atoms with Gasteiger partial charge in [0.2, 0.25) is 17.7 Å². The van der Waals surface area contributed by atoms with Crippen molar-refractivity contribution in [3.05, 3.63) is 33.8 Å². The third kappa shape index (κ3) is 3.71. The lowest BCUT2D eigenvalue weighted by molar-refractivity contribution is -0.145. The summed E-state index contributed by atoms with van der Waals surface area (Å²) in [6.07, 6.45) is 0.614. The predicted octanol–water partition coefficient (Wildman–Crippen LogP) is 1.41. The van der Waals surface area contributed by atoms with Crippen LogP contribution in [0, 0.1) is 0 Å². The summed E-state index contributed by atoms with van der Waals surface area (Å²) in [6, 6.07) is 5.07. The van der Waals surface area contributed by atoms with Crippen molar-refractivity contribution in [3.63, 3.8) is 0 Å². The van der Waals surface area contributed by atoms with Gasteiger partial charge in [-0.25, -0.2) is 0 Å². The lowest BCUT2D eigenvalue weighted by atomic mass is 10.1. The normalized spacial score (nSPS) is 15.2. The lowest BCUT2D eigenvalue weighted by Gasteiger charge is -2.25. The first-order chi connectivity index (χ1) is 9.45. The molecule has 106 valence electrons. The molecular weight excluding hydrogens is 303 g/mol. The molecule has 1 N–H and O–H groups in total. The Morgan fingerprint density at radius 1 is 1.20 bits per heavy atom. The zero-order valence-corrected chi connectivity index (χ0v) is 12.0. The second kappa shape index (κ2) is 6.24. The van der Waals surface area contributed by atoms with E-state index in [2.05, 4.69) is 5.32 Å². The van der Waals surface area contributed by atoms with Gasteiger partial charge in [0.15, 0.2) is 0 Å². The molecule has 1 aliphatic rings. The molecule has 1 saturated heterocycles. The Morgan fingerprint density at radius 2 is 1.85 bits per heavy atom. The molecule has 1 aliphatic heterocycles. The van der Waals surface area contributed by atoms with Crippen molar-refractivity contribution in [2.75, 3.05) is 13.1 Å². The van der Waals surface area contributed by atoms with E-state index in [0.717, 1.165) is 5.56 Å². The molecule has 7 heteroatoms. The molecule has 2 rings (SSSR count). The topological polar surface area (TPSA) is 66.5 Å². The molecule has 0 saturated carbocycles. The van der Waals surface area contributed by atoms with E-state index in [1.54, 1.807) is 18.2 Å². The summed E-state index contributed by atoms with van der Waals surface area (Å²) in [5.41, 5.74) is 0.803. The summed E-state index contributed by atoms with van der Waals surface area (Å²) in [5, 5.41) is 3.17. The molecule has 5 nitrogen and oxygen atoms in total. The number of amides is 3. The van der Waals surface area contributed by atoms with Crippen LogP contribution in [0.15, 0.2) is 18.2 Å². The summed E-state index contributed by atoms with van der Waals surface area (Å²) in [4.78, 5) is 35.6. The largest absolute Gasteiger partial charge is 0.324 e. The fraction of sp³-hybridized carbons (Fsp3) is 0.308. The highest BCUT2D eigenvalue weighted by molar-refractivity contribution is 6.35. The maximum absolute atomic E-state index is 12.0. The Morgan fingerprint density at radius 3 is 2.45 bits per heavy atom. The van der Waals surface area contributed by atoms with Crippen LogP contribution in [0.1, 0.15) is 12.0 Å². The van der Waals surface area contributed by atoms with Gasteiger partial charge in [-0.15, -0.1) is 0 Å². The Balaban J connectivity index is 1.95. The summed E-state index contributed by atoms with van der Waals surface area (Å²) in [6.45, 7) is -0.169. The molecule has 1 heterocycles. The zero-order valence-electron chi connectivity index (χ0n) is 10.5. The second-order valence-corrected chi connectivity index (χ2v) is 5.30. The van der Waals surface area contributed by atoms with E-state index in [1.165, 1.54) is 4.90 Å². The summed E-state index contributed by atoms with van der Waals surface area (Å²) in [7, 11) is 0. The molecule has 1 aromatic carbocycles. The van der Waals surface area contributed by atoms with Crippen LogP contribution < -0.4 is 5.32 Å². The number of halogens is 2. The Bertz CT molecular complexity index is 559. The van der Waals surface area contributed by atoms with Gasteiger partial charge < -0.3 is 4.90 Å². The number of rotatable bonds is 3. The fourth-order valence-corrected chi connectivity index (χ4v) is 2.44. The van der Waals surface area contributed by atoms with Crippen molar-refractivity contribution >= 4 is 40.9 Å². The van der Waals surface area contributed by atoms with E-state index >= 15 is 0 Å². The highest BCUT2D eigenvalue weighted by Crippen LogP contribution is 2.22. The molecule has 0 unspecified atom stereocenters. The first-order valence-corrected chi connectivity index (χ1v) is 6.75. The molecular formula is C13H12Cl2N2O3. The van der Waals surface area contributed by atoms with E-state index in [0.29, 0.717) is 16.5 Å². The number of carbonyl (C=O) groups is 3. The van der Waals surface area contributed by atoms with Crippen LogP contribution in [0.3, 0.4) is 0 Å². The third-order valence-corrected chi connectivity index (χ3v) is 3.51. The maximum Gasteiger partial charge on any atom is 0.246 e. The van der Waals surface area contributed by atoms with Crippen LogP contribution in [-0.2, 0) is 20.8 Å². The highest BCUT2D eigenvalue weighted by atomic mass is 35.5. The van der Waals surface area contributed by atoms with Gasteiger partial charge in [0.05, 0.1) is 0 Å². The lowest BCUT2D eigenvalue weighted by Crippen LogP contribution is -2.53. The van der Waals surface area contributed by atoms with Crippen molar-refractivity contribution in [2.24, 2.45) is 0 Å². The van der Waals surface area contributed by atoms with E-state index in [4.69, 9.17) is 23.2 Å². The Labute approximate surface area is 125 Å². The quantitative estimate of drug-likeness (QED) is 0.858. The zero-order chi connectivity index (χ0) is 14.7. The minimum absolute atomic E-state index is 0.0844. The smallest absolute Gasteiger partial charge is 0.246 e. The molecule has 20 heavy (non-hydrogen) atoms. The molecule has 0 aromatic heterocycles. The third-order valence-electron chi connectivity index (χ3n) is 2.92. The SMILES string of the molecule is O=C1CN(C(=O)CCc2ccc(Cl)cc2Cl)CC(=O)N1. The minimum atomic E-state index is -0.459. The van der Waals surface area contributed by atoms with Crippen LogP contribution in [0.4, 0.5) is 0 Å². The van der Waals surface area contributed by atoms with Gasteiger partial charge in [-0.3, -0.25) is 19.7 Å². The highest BCUT2D eigenvalue weighted by Gasteiger charge is 2.25. The number of nitrogens with zero attached hydrogens (tertiary/aromatic N) is 1. The van der Waals surface area contributed by atoms with Crippen molar-refractivity contribution < 1.29 is 14.4 Å².